The highest BCUT2D eigenvalue weighted by atomic mass is 32.2. The molecule has 1 heterocycles. The van der Waals surface area contributed by atoms with Gasteiger partial charge in [-0.25, -0.2) is 10.5 Å². The lowest BCUT2D eigenvalue weighted by molar-refractivity contribution is -0.432. The van der Waals surface area contributed by atoms with Crippen molar-refractivity contribution in [2.75, 3.05) is 10.6 Å². The Balaban J connectivity index is 1.67. The fourth-order valence-electron chi connectivity index (χ4n) is 3.09. The highest BCUT2D eigenvalue weighted by Crippen LogP contribution is 2.35. The van der Waals surface area contributed by atoms with E-state index in [0.717, 1.165) is 18.1 Å². The fourth-order valence-corrected chi connectivity index (χ4v) is 4.38. The van der Waals surface area contributed by atoms with Gasteiger partial charge in [0.25, 0.3) is 10.1 Å². The zero-order chi connectivity index (χ0) is 25.5. The molecule has 0 saturated heterocycles. The van der Waals surface area contributed by atoms with Gasteiger partial charge in [-0.1, -0.05) is 34.3 Å². The molecule has 0 aliphatic rings. The number of hydrogen-bond acceptors (Lipinski definition) is 14. The smallest absolute Gasteiger partial charge is 0.294 e. The quantitative estimate of drug-likeness (QED) is 0.0706. The van der Waals surface area contributed by atoms with Gasteiger partial charge in [-0.3, -0.25) is 4.55 Å². The van der Waals surface area contributed by atoms with Crippen molar-refractivity contribution in [1.82, 2.24) is 10.2 Å². The van der Waals surface area contributed by atoms with E-state index in [9.17, 15) is 13.0 Å². The molecular weight excluding hydrogens is 536 g/mol. The third-order valence-electron chi connectivity index (χ3n) is 4.62. The molecule has 13 nitrogen and oxygen atoms in total. The van der Waals surface area contributed by atoms with Gasteiger partial charge in [0.2, 0.25) is 0 Å². The molecule has 0 unspecified atom stereocenters. The Morgan fingerprint density at radius 3 is 2.00 bits per heavy atom. The van der Waals surface area contributed by atoms with E-state index in [0.29, 0.717) is 44.1 Å². The summed E-state index contributed by atoms with van der Waals surface area (Å²) in [6, 6.07) is 17.9. The second kappa shape index (κ2) is 11.8. The van der Waals surface area contributed by atoms with Crippen LogP contribution >= 0.6 is 24.1 Å². The summed E-state index contributed by atoms with van der Waals surface area (Å²) in [4.78, 5) is 0.631. The summed E-state index contributed by atoms with van der Waals surface area (Å²) in [5.74, 6) is 0.730. The van der Waals surface area contributed by atoms with Gasteiger partial charge in [-0.15, -0.1) is 18.9 Å². The molecule has 188 valence electrons. The number of aromatic nitrogens is 2. The second-order valence-electron chi connectivity index (χ2n) is 6.80. The molecule has 0 spiro atoms. The van der Waals surface area contributed by atoms with Crippen LogP contribution in [0.4, 0.5) is 23.0 Å². The van der Waals surface area contributed by atoms with Crippen molar-refractivity contribution in [2.45, 2.75) is 14.7 Å². The average Bonchev–Trinajstić information content (AvgIpc) is 2.88. The Labute approximate surface area is 212 Å². The summed E-state index contributed by atoms with van der Waals surface area (Å²) in [5, 5.41) is 39.9. The molecule has 0 amide bonds. The van der Waals surface area contributed by atoms with E-state index in [1.54, 1.807) is 36.4 Å². The molecule has 36 heavy (non-hydrogen) atoms. The van der Waals surface area contributed by atoms with Gasteiger partial charge in [-0.05, 0) is 42.5 Å². The number of hydrogen-bond donors (Lipinski definition) is 5. The van der Waals surface area contributed by atoms with Crippen LogP contribution in [0.2, 0.25) is 0 Å². The summed E-state index contributed by atoms with van der Waals surface area (Å²) < 4.78 is 41.6. The molecule has 3 aromatic carbocycles. The summed E-state index contributed by atoms with van der Waals surface area (Å²) in [5.41, 5.74) is 0.889. The minimum Gasteiger partial charge on any atom is -0.338 e. The van der Waals surface area contributed by atoms with Crippen molar-refractivity contribution in [1.29, 1.82) is 0 Å². The topological polar surface area (TPSA) is 182 Å². The van der Waals surface area contributed by atoms with E-state index >= 15 is 0 Å². The molecule has 0 bridgehead atoms. The average molecular weight is 553 g/mol. The second-order valence-corrected chi connectivity index (χ2v) is 9.74. The standard InChI is InChI=1S/C20H16N4O9S3/c25-30-32-34-13-7-5-12(6-8-13)21-19-15-3-1-2-4-16(15)20(24-23-19)22-17-11-14(36(27,28)29)9-10-18(17)35-33-31-26/h1-11,25-26H,(H,21,23)(H,22,24)(H,27,28,29). The largest absolute Gasteiger partial charge is 0.338 e. The molecule has 0 aliphatic carbocycles. The van der Waals surface area contributed by atoms with E-state index in [1.807, 2.05) is 12.1 Å². The predicted molar refractivity (Wildman–Crippen MR) is 130 cm³/mol. The number of anilines is 4. The minimum absolute atomic E-state index is 0.189. The molecule has 1 aromatic heterocycles. The Hall–Kier alpha value is -3.03. The lowest BCUT2D eigenvalue weighted by Gasteiger charge is -2.14. The number of rotatable bonds is 11. The van der Waals surface area contributed by atoms with Crippen LogP contribution in [0.15, 0.2) is 81.4 Å². The third-order valence-corrected chi connectivity index (χ3v) is 6.73. The van der Waals surface area contributed by atoms with E-state index in [2.05, 4.69) is 39.6 Å². The van der Waals surface area contributed by atoms with Gasteiger partial charge in [-0.2, -0.15) is 8.42 Å². The molecule has 4 rings (SSSR count). The maximum Gasteiger partial charge on any atom is 0.294 e. The first kappa shape index (κ1) is 26.0. The Morgan fingerprint density at radius 1 is 0.778 bits per heavy atom. The molecule has 4 aromatic rings. The summed E-state index contributed by atoms with van der Waals surface area (Å²) in [6.07, 6.45) is 0. The highest BCUT2D eigenvalue weighted by Gasteiger charge is 2.17. The molecular formula is C20H16N4O9S3. The van der Waals surface area contributed by atoms with Gasteiger partial charge in [0.15, 0.2) is 11.6 Å². The van der Waals surface area contributed by atoms with Crippen LogP contribution in [0.1, 0.15) is 0 Å². The van der Waals surface area contributed by atoms with Crippen LogP contribution in [-0.4, -0.2) is 33.7 Å². The SMILES string of the molecule is O=S(=O)(O)c1ccc(SOOO)c(Nc2nnc(Nc3ccc(SOOO)cc3)c3ccccc23)c1. The number of benzene rings is 3. The third kappa shape index (κ3) is 6.39. The first-order valence-corrected chi connectivity index (χ1v) is 12.6. The van der Waals surface area contributed by atoms with E-state index < -0.39 is 10.1 Å². The van der Waals surface area contributed by atoms with Crippen molar-refractivity contribution in [3.63, 3.8) is 0 Å². The normalized spacial score (nSPS) is 11.5. The van der Waals surface area contributed by atoms with Crippen molar-refractivity contribution in [3.8, 4) is 0 Å². The van der Waals surface area contributed by atoms with E-state index in [1.165, 1.54) is 12.1 Å². The molecule has 0 radical (unpaired) electrons. The number of nitrogens with one attached hydrogen (secondary N) is 2. The Kier molecular flexibility index (Phi) is 8.54. The zero-order valence-electron chi connectivity index (χ0n) is 17.8. The molecule has 0 aliphatic heterocycles. The molecule has 0 saturated carbocycles. The van der Waals surface area contributed by atoms with E-state index in [-0.39, 0.29) is 16.4 Å². The molecule has 5 N–H and O–H groups in total. The Morgan fingerprint density at radius 2 is 1.39 bits per heavy atom. The van der Waals surface area contributed by atoms with Crippen LogP contribution in [0.3, 0.4) is 0 Å². The van der Waals surface area contributed by atoms with Crippen LogP contribution < -0.4 is 10.6 Å². The molecule has 16 heteroatoms. The van der Waals surface area contributed by atoms with Crippen LogP contribution in [0, 0.1) is 0 Å². The van der Waals surface area contributed by atoms with Crippen molar-refractivity contribution < 1.29 is 42.2 Å². The van der Waals surface area contributed by atoms with Gasteiger partial charge >= 0.3 is 0 Å². The molecule has 0 atom stereocenters. The minimum atomic E-state index is -4.49. The first-order valence-electron chi connectivity index (χ1n) is 9.69. The fraction of sp³-hybridized carbons (Fsp3) is 0. The summed E-state index contributed by atoms with van der Waals surface area (Å²) >= 11 is 1.43. The zero-order valence-corrected chi connectivity index (χ0v) is 20.2. The monoisotopic (exact) mass is 552 g/mol. The lowest BCUT2D eigenvalue weighted by atomic mass is 10.1. The summed E-state index contributed by atoms with van der Waals surface area (Å²) in [6.45, 7) is 0. The lowest BCUT2D eigenvalue weighted by Crippen LogP contribution is -2.04. The Bertz CT molecular complexity index is 1460. The van der Waals surface area contributed by atoms with Gasteiger partial charge in [0.1, 0.15) is 0 Å². The van der Waals surface area contributed by atoms with Crippen molar-refractivity contribution in [3.05, 3.63) is 66.7 Å². The predicted octanol–water partition coefficient (Wildman–Crippen LogP) is 5.22. The number of nitrogens with zero attached hydrogens (tertiary/aromatic N) is 2. The maximum absolute atomic E-state index is 11.6. The van der Waals surface area contributed by atoms with Crippen LogP contribution in [-0.2, 0) is 28.9 Å². The van der Waals surface area contributed by atoms with E-state index in [4.69, 9.17) is 10.5 Å². The maximum atomic E-state index is 11.6. The van der Waals surface area contributed by atoms with Gasteiger partial charge in [0.05, 0.1) is 39.6 Å². The first-order chi connectivity index (χ1) is 17.4. The van der Waals surface area contributed by atoms with Crippen molar-refractivity contribution in [2.24, 2.45) is 0 Å². The van der Waals surface area contributed by atoms with Gasteiger partial charge in [0, 0.05) is 21.4 Å². The van der Waals surface area contributed by atoms with Crippen LogP contribution in [0.25, 0.3) is 10.8 Å². The highest BCUT2D eigenvalue weighted by molar-refractivity contribution is 7.95. The van der Waals surface area contributed by atoms with Crippen molar-refractivity contribution >= 4 is 68.0 Å². The summed E-state index contributed by atoms with van der Waals surface area (Å²) in [7, 11) is -4.49. The van der Waals surface area contributed by atoms with Gasteiger partial charge < -0.3 is 10.6 Å². The molecule has 0 fully saturated rings. The number of fused-ring (bicyclic) bond motifs is 1. The van der Waals surface area contributed by atoms with Crippen LogP contribution in [0.5, 0.6) is 0 Å².